The van der Waals surface area contributed by atoms with Crippen molar-refractivity contribution in [2.24, 2.45) is 0 Å². The Morgan fingerprint density at radius 3 is 2.80 bits per heavy atom. The third kappa shape index (κ3) is 3.05. The first-order chi connectivity index (χ1) is 7.17. The largest absolute Gasteiger partial charge is 0.464 e. The molecule has 5 heteroatoms. The van der Waals surface area contributed by atoms with Crippen molar-refractivity contribution in [3.8, 4) is 0 Å². The monoisotopic (exact) mass is 207 g/mol. The molecule has 1 atom stereocenters. The van der Waals surface area contributed by atoms with Gasteiger partial charge in [0.25, 0.3) is 0 Å². The van der Waals surface area contributed by atoms with Crippen molar-refractivity contribution < 1.29 is 9.53 Å². The van der Waals surface area contributed by atoms with Gasteiger partial charge in [0.1, 0.15) is 5.82 Å². The summed E-state index contributed by atoms with van der Waals surface area (Å²) in [7, 11) is 1.30. The minimum Gasteiger partial charge on any atom is -0.464 e. The third-order valence-corrected chi connectivity index (χ3v) is 1.78. The fourth-order valence-electron chi connectivity index (χ4n) is 0.905. The van der Waals surface area contributed by atoms with Gasteiger partial charge in [-0.15, -0.1) is 6.58 Å². The Labute approximate surface area is 88.2 Å². The van der Waals surface area contributed by atoms with E-state index in [1.807, 2.05) is 6.92 Å². The van der Waals surface area contributed by atoms with Gasteiger partial charge in [-0.1, -0.05) is 6.08 Å². The number of nitrogens with zero attached hydrogens (tertiary/aromatic N) is 2. The normalized spacial score (nSPS) is 11.6. The molecular weight excluding hydrogens is 194 g/mol. The van der Waals surface area contributed by atoms with Crippen molar-refractivity contribution >= 4 is 11.8 Å². The van der Waals surface area contributed by atoms with Gasteiger partial charge in [-0.3, -0.25) is 0 Å². The summed E-state index contributed by atoms with van der Waals surface area (Å²) < 4.78 is 4.50. The Bertz CT molecular complexity index is 348. The van der Waals surface area contributed by atoms with Crippen molar-refractivity contribution in [1.82, 2.24) is 9.97 Å². The van der Waals surface area contributed by atoms with E-state index in [9.17, 15) is 4.79 Å². The topological polar surface area (TPSA) is 64.1 Å². The summed E-state index contributed by atoms with van der Waals surface area (Å²) in [6.07, 6.45) is 4.59. The van der Waals surface area contributed by atoms with Crippen molar-refractivity contribution in [3.63, 3.8) is 0 Å². The second kappa shape index (κ2) is 5.09. The van der Waals surface area contributed by atoms with E-state index in [1.54, 1.807) is 6.08 Å². The van der Waals surface area contributed by atoms with Crippen molar-refractivity contribution in [1.29, 1.82) is 0 Å². The summed E-state index contributed by atoms with van der Waals surface area (Å²) in [5.41, 5.74) is 0.189. The lowest BCUT2D eigenvalue weighted by Crippen LogP contribution is -2.13. The highest BCUT2D eigenvalue weighted by Gasteiger charge is 2.07. The van der Waals surface area contributed by atoms with Crippen LogP contribution in [0.4, 0.5) is 5.82 Å². The molecule has 15 heavy (non-hydrogen) atoms. The lowest BCUT2D eigenvalue weighted by atomic mass is 10.3. The highest BCUT2D eigenvalue weighted by atomic mass is 16.5. The number of hydrogen-bond acceptors (Lipinski definition) is 5. The number of anilines is 1. The van der Waals surface area contributed by atoms with Gasteiger partial charge < -0.3 is 10.1 Å². The standard InChI is InChI=1S/C10H13N3O2/c1-4-7(2)13-9-6-11-8(5-12-9)10(14)15-3/h4-7H,1H2,2-3H3,(H,12,13). The fraction of sp³-hybridized carbons (Fsp3) is 0.300. The van der Waals surface area contributed by atoms with Gasteiger partial charge >= 0.3 is 5.97 Å². The van der Waals surface area contributed by atoms with Crippen LogP contribution in [-0.2, 0) is 4.74 Å². The maximum atomic E-state index is 11.0. The number of carbonyl (C=O) groups is 1. The SMILES string of the molecule is C=CC(C)Nc1cnc(C(=O)OC)cn1. The molecule has 0 saturated heterocycles. The van der Waals surface area contributed by atoms with E-state index < -0.39 is 5.97 Å². The lowest BCUT2D eigenvalue weighted by Gasteiger charge is -2.08. The molecule has 0 spiro atoms. The van der Waals surface area contributed by atoms with E-state index in [4.69, 9.17) is 0 Å². The molecule has 0 radical (unpaired) electrons. The maximum absolute atomic E-state index is 11.0. The number of carbonyl (C=O) groups excluding carboxylic acids is 1. The summed E-state index contributed by atoms with van der Waals surface area (Å²) in [5, 5.41) is 3.03. The molecule has 1 aromatic heterocycles. The number of methoxy groups -OCH3 is 1. The van der Waals surface area contributed by atoms with Gasteiger partial charge in [0.05, 0.1) is 19.5 Å². The number of ether oxygens (including phenoxy) is 1. The second-order valence-corrected chi connectivity index (χ2v) is 2.95. The molecule has 0 fully saturated rings. The molecular formula is C10H13N3O2. The van der Waals surface area contributed by atoms with Gasteiger partial charge in [0, 0.05) is 6.04 Å². The van der Waals surface area contributed by atoms with Gasteiger partial charge in [-0.2, -0.15) is 0 Å². The van der Waals surface area contributed by atoms with Crippen LogP contribution in [0.15, 0.2) is 25.0 Å². The van der Waals surface area contributed by atoms with Gasteiger partial charge in [0.15, 0.2) is 5.69 Å². The van der Waals surface area contributed by atoms with Crippen LogP contribution in [0.2, 0.25) is 0 Å². The summed E-state index contributed by atoms with van der Waals surface area (Å²) in [4.78, 5) is 19.0. The quantitative estimate of drug-likeness (QED) is 0.594. The first-order valence-electron chi connectivity index (χ1n) is 4.47. The first-order valence-corrected chi connectivity index (χ1v) is 4.47. The first kappa shape index (κ1) is 11.2. The summed E-state index contributed by atoms with van der Waals surface area (Å²) >= 11 is 0. The molecule has 1 heterocycles. The predicted octanol–water partition coefficient (Wildman–Crippen LogP) is 1.25. The zero-order valence-corrected chi connectivity index (χ0v) is 8.73. The maximum Gasteiger partial charge on any atom is 0.358 e. The van der Waals surface area contributed by atoms with Crippen molar-refractivity contribution in [2.75, 3.05) is 12.4 Å². The average Bonchev–Trinajstić information content (AvgIpc) is 2.29. The van der Waals surface area contributed by atoms with Crippen LogP contribution in [0.3, 0.4) is 0 Å². The molecule has 1 N–H and O–H groups in total. The van der Waals surface area contributed by atoms with Crippen LogP contribution < -0.4 is 5.32 Å². The molecule has 1 unspecified atom stereocenters. The molecule has 80 valence electrons. The number of aromatic nitrogens is 2. The van der Waals surface area contributed by atoms with Crippen LogP contribution in [0.5, 0.6) is 0 Å². The van der Waals surface area contributed by atoms with Crippen LogP contribution in [0.25, 0.3) is 0 Å². The number of rotatable bonds is 4. The van der Waals surface area contributed by atoms with Crippen LogP contribution >= 0.6 is 0 Å². The Kier molecular flexibility index (Phi) is 3.79. The average molecular weight is 207 g/mol. The van der Waals surface area contributed by atoms with Gasteiger partial charge in [0.2, 0.25) is 0 Å². The fourth-order valence-corrected chi connectivity index (χ4v) is 0.905. The van der Waals surface area contributed by atoms with E-state index in [2.05, 4.69) is 26.6 Å². The number of nitrogens with one attached hydrogen (secondary N) is 1. The zero-order valence-electron chi connectivity index (χ0n) is 8.73. The molecule has 1 rings (SSSR count). The Balaban J connectivity index is 2.72. The minimum absolute atomic E-state index is 0.100. The van der Waals surface area contributed by atoms with Gasteiger partial charge in [-0.25, -0.2) is 14.8 Å². The second-order valence-electron chi connectivity index (χ2n) is 2.95. The van der Waals surface area contributed by atoms with E-state index in [0.29, 0.717) is 5.82 Å². The Hall–Kier alpha value is -1.91. The molecule has 0 amide bonds. The van der Waals surface area contributed by atoms with E-state index in [0.717, 1.165) is 0 Å². The molecule has 0 saturated carbocycles. The number of hydrogen-bond donors (Lipinski definition) is 1. The summed E-state index contributed by atoms with van der Waals surface area (Å²) in [6, 6.07) is 0.100. The zero-order chi connectivity index (χ0) is 11.3. The highest BCUT2D eigenvalue weighted by molar-refractivity contribution is 5.86. The molecule has 0 aliphatic heterocycles. The Morgan fingerprint density at radius 1 is 1.60 bits per heavy atom. The van der Waals surface area contributed by atoms with Crippen LogP contribution in [0.1, 0.15) is 17.4 Å². The smallest absolute Gasteiger partial charge is 0.358 e. The number of esters is 1. The molecule has 0 bridgehead atoms. The molecule has 0 aromatic carbocycles. The molecule has 5 nitrogen and oxygen atoms in total. The van der Waals surface area contributed by atoms with E-state index >= 15 is 0 Å². The predicted molar refractivity (Wildman–Crippen MR) is 56.7 cm³/mol. The summed E-state index contributed by atoms with van der Waals surface area (Å²) in [5.74, 6) is 0.0980. The van der Waals surface area contributed by atoms with Crippen molar-refractivity contribution in [3.05, 3.63) is 30.7 Å². The highest BCUT2D eigenvalue weighted by Crippen LogP contribution is 2.04. The lowest BCUT2D eigenvalue weighted by molar-refractivity contribution is 0.0593. The minimum atomic E-state index is -0.495. The van der Waals surface area contributed by atoms with Crippen molar-refractivity contribution in [2.45, 2.75) is 13.0 Å². The molecule has 1 aromatic rings. The van der Waals surface area contributed by atoms with Crippen LogP contribution in [0, 0.1) is 0 Å². The van der Waals surface area contributed by atoms with E-state index in [1.165, 1.54) is 19.5 Å². The summed E-state index contributed by atoms with van der Waals surface area (Å²) in [6.45, 7) is 5.56. The Morgan fingerprint density at radius 2 is 2.33 bits per heavy atom. The molecule has 0 aliphatic rings. The van der Waals surface area contributed by atoms with E-state index in [-0.39, 0.29) is 11.7 Å². The van der Waals surface area contributed by atoms with Gasteiger partial charge in [-0.05, 0) is 6.92 Å². The third-order valence-electron chi connectivity index (χ3n) is 1.78. The van der Waals surface area contributed by atoms with Crippen LogP contribution in [-0.4, -0.2) is 29.1 Å². The molecule has 0 aliphatic carbocycles.